The Kier molecular flexibility index (Phi) is 4.86. The van der Waals surface area contributed by atoms with Crippen LogP contribution in [0.1, 0.15) is 46.8 Å². The van der Waals surface area contributed by atoms with Crippen molar-refractivity contribution in [3.8, 4) is 5.75 Å². The second-order valence-electron chi connectivity index (χ2n) is 7.79. The maximum atomic E-state index is 13.1. The van der Waals surface area contributed by atoms with Crippen molar-refractivity contribution in [1.29, 1.82) is 0 Å². The molecule has 1 saturated heterocycles. The van der Waals surface area contributed by atoms with Crippen molar-refractivity contribution in [1.82, 2.24) is 10.2 Å². The van der Waals surface area contributed by atoms with Gasteiger partial charge in [0.05, 0.1) is 13.7 Å². The molecule has 0 aromatic heterocycles. The molecule has 1 N–H and O–H groups in total. The summed E-state index contributed by atoms with van der Waals surface area (Å²) < 4.78 is 5.15. The van der Waals surface area contributed by atoms with Crippen molar-refractivity contribution in [3.63, 3.8) is 0 Å². The van der Waals surface area contributed by atoms with Crippen molar-refractivity contribution in [3.05, 3.63) is 64.7 Å². The predicted molar refractivity (Wildman–Crippen MR) is 108 cm³/mol. The van der Waals surface area contributed by atoms with Crippen LogP contribution in [-0.2, 0) is 23.2 Å². The Bertz CT molecular complexity index is 983. The summed E-state index contributed by atoms with van der Waals surface area (Å²) in [5.74, 6) is -0.00611. The molecule has 1 atom stereocenters. The van der Waals surface area contributed by atoms with Crippen LogP contribution in [0.2, 0.25) is 0 Å². The standard InChI is InChI=1S/C23H24N2O4/c1-23(18-9-11-19(29-2)12-10-18)21(27)25(22(28)24-23)14-20(26)17-8-7-15-5-3-4-6-16(15)13-17/h7-13H,3-6,14H2,1-2H3,(H,24,28)/t23-/m0/s1. The van der Waals surface area contributed by atoms with E-state index in [1.54, 1.807) is 44.4 Å². The second kappa shape index (κ2) is 7.35. The van der Waals surface area contributed by atoms with E-state index in [-0.39, 0.29) is 12.3 Å². The number of methoxy groups -OCH3 is 1. The van der Waals surface area contributed by atoms with Gasteiger partial charge in [-0.05, 0) is 67.5 Å². The van der Waals surface area contributed by atoms with Gasteiger partial charge in [-0.15, -0.1) is 0 Å². The average Bonchev–Trinajstić information content (AvgIpc) is 2.97. The molecule has 0 saturated carbocycles. The monoisotopic (exact) mass is 392 g/mol. The number of carbonyl (C=O) groups excluding carboxylic acids is 3. The zero-order valence-electron chi connectivity index (χ0n) is 16.7. The molecule has 0 unspecified atom stereocenters. The molecule has 2 aromatic carbocycles. The van der Waals surface area contributed by atoms with E-state index >= 15 is 0 Å². The normalized spacial score (nSPS) is 21.0. The van der Waals surface area contributed by atoms with E-state index in [9.17, 15) is 14.4 Å². The molecule has 6 heteroatoms. The molecule has 1 fully saturated rings. The number of benzene rings is 2. The van der Waals surface area contributed by atoms with Gasteiger partial charge in [-0.1, -0.05) is 24.3 Å². The molecular weight excluding hydrogens is 368 g/mol. The van der Waals surface area contributed by atoms with Crippen LogP contribution in [-0.4, -0.2) is 36.3 Å². The van der Waals surface area contributed by atoms with Crippen molar-refractivity contribution >= 4 is 17.7 Å². The summed E-state index contributed by atoms with van der Waals surface area (Å²) in [6.07, 6.45) is 4.30. The Labute approximate surface area is 169 Å². The molecule has 150 valence electrons. The lowest BCUT2D eigenvalue weighted by atomic mass is 9.89. The highest BCUT2D eigenvalue weighted by atomic mass is 16.5. The lowest BCUT2D eigenvalue weighted by Crippen LogP contribution is -2.41. The fourth-order valence-corrected chi connectivity index (χ4v) is 4.10. The highest BCUT2D eigenvalue weighted by Crippen LogP contribution is 2.30. The number of Topliss-reactive ketones (excluding diaryl/α,β-unsaturated/α-hetero) is 1. The zero-order valence-corrected chi connectivity index (χ0v) is 16.7. The molecule has 0 spiro atoms. The summed E-state index contributed by atoms with van der Waals surface area (Å²) in [5, 5.41) is 2.74. The van der Waals surface area contributed by atoms with Gasteiger partial charge in [0.2, 0.25) is 0 Å². The van der Waals surface area contributed by atoms with E-state index in [2.05, 4.69) is 5.32 Å². The van der Waals surface area contributed by atoms with Crippen LogP contribution in [0.5, 0.6) is 5.75 Å². The van der Waals surface area contributed by atoms with Gasteiger partial charge < -0.3 is 10.1 Å². The summed E-state index contributed by atoms with van der Waals surface area (Å²) in [6.45, 7) is 1.38. The van der Waals surface area contributed by atoms with Crippen LogP contribution in [0.3, 0.4) is 0 Å². The molecule has 1 aliphatic carbocycles. The van der Waals surface area contributed by atoms with Crippen molar-refractivity contribution < 1.29 is 19.1 Å². The molecule has 2 aliphatic rings. The molecule has 2 aromatic rings. The van der Waals surface area contributed by atoms with Crippen LogP contribution in [0.15, 0.2) is 42.5 Å². The van der Waals surface area contributed by atoms with Crippen LogP contribution in [0.25, 0.3) is 0 Å². The fraction of sp³-hybridized carbons (Fsp3) is 0.348. The third-order valence-electron chi connectivity index (χ3n) is 5.91. The van der Waals surface area contributed by atoms with Gasteiger partial charge in [0, 0.05) is 5.56 Å². The Morgan fingerprint density at radius 2 is 1.76 bits per heavy atom. The van der Waals surface area contributed by atoms with E-state index in [0.717, 1.165) is 24.2 Å². The average molecular weight is 392 g/mol. The molecule has 1 heterocycles. The van der Waals surface area contributed by atoms with E-state index < -0.39 is 17.5 Å². The number of imide groups is 1. The molecule has 0 radical (unpaired) electrons. The minimum absolute atomic E-state index is 0.235. The van der Waals surface area contributed by atoms with Gasteiger partial charge in [0.25, 0.3) is 5.91 Å². The third kappa shape index (κ3) is 3.39. The first-order chi connectivity index (χ1) is 13.9. The number of carbonyl (C=O) groups is 3. The maximum absolute atomic E-state index is 13.1. The lowest BCUT2D eigenvalue weighted by Gasteiger charge is -2.22. The van der Waals surface area contributed by atoms with E-state index in [0.29, 0.717) is 16.9 Å². The Morgan fingerprint density at radius 1 is 1.07 bits per heavy atom. The number of nitrogens with zero attached hydrogens (tertiary/aromatic N) is 1. The Morgan fingerprint density at radius 3 is 2.45 bits per heavy atom. The summed E-state index contributed by atoms with van der Waals surface area (Å²) in [4.78, 5) is 39.4. The first-order valence-electron chi connectivity index (χ1n) is 9.86. The smallest absolute Gasteiger partial charge is 0.325 e. The molecule has 1 aliphatic heterocycles. The van der Waals surface area contributed by atoms with Crippen LogP contribution >= 0.6 is 0 Å². The number of aryl methyl sites for hydroxylation is 2. The van der Waals surface area contributed by atoms with Crippen molar-refractivity contribution in [2.45, 2.75) is 38.1 Å². The molecule has 29 heavy (non-hydrogen) atoms. The SMILES string of the molecule is COc1ccc([C@]2(C)NC(=O)N(CC(=O)c3ccc4c(c3)CCCC4)C2=O)cc1. The maximum Gasteiger partial charge on any atom is 0.325 e. The first kappa shape index (κ1) is 19.2. The number of rotatable bonds is 5. The molecule has 3 amide bonds. The summed E-state index contributed by atoms with van der Waals surface area (Å²) >= 11 is 0. The van der Waals surface area contributed by atoms with Gasteiger partial charge in [0.15, 0.2) is 5.78 Å². The number of hydrogen-bond donors (Lipinski definition) is 1. The summed E-state index contributed by atoms with van der Waals surface area (Å²) in [6, 6.07) is 12.1. The zero-order chi connectivity index (χ0) is 20.6. The Balaban J connectivity index is 1.53. The highest BCUT2D eigenvalue weighted by Gasteiger charge is 2.49. The number of ketones is 1. The van der Waals surface area contributed by atoms with Gasteiger partial charge in [-0.25, -0.2) is 4.79 Å². The number of ether oxygens (including phenoxy) is 1. The molecule has 0 bridgehead atoms. The number of hydrogen-bond acceptors (Lipinski definition) is 4. The van der Waals surface area contributed by atoms with Crippen LogP contribution < -0.4 is 10.1 Å². The number of nitrogens with one attached hydrogen (secondary N) is 1. The predicted octanol–water partition coefficient (Wildman–Crippen LogP) is 3.22. The van der Waals surface area contributed by atoms with E-state index in [1.165, 1.54) is 17.5 Å². The summed E-state index contributed by atoms with van der Waals surface area (Å²) in [5.41, 5.74) is 2.46. The lowest BCUT2D eigenvalue weighted by molar-refractivity contribution is -0.130. The number of amides is 3. The minimum Gasteiger partial charge on any atom is -0.497 e. The van der Waals surface area contributed by atoms with Crippen molar-refractivity contribution in [2.24, 2.45) is 0 Å². The first-order valence-corrected chi connectivity index (χ1v) is 9.86. The molecular formula is C23H24N2O4. The number of urea groups is 1. The largest absolute Gasteiger partial charge is 0.497 e. The minimum atomic E-state index is -1.21. The van der Waals surface area contributed by atoms with Crippen LogP contribution in [0, 0.1) is 0 Å². The fourth-order valence-electron chi connectivity index (χ4n) is 4.10. The van der Waals surface area contributed by atoms with Crippen molar-refractivity contribution in [2.75, 3.05) is 13.7 Å². The molecule has 4 rings (SSSR count). The van der Waals surface area contributed by atoms with Gasteiger partial charge >= 0.3 is 6.03 Å². The van der Waals surface area contributed by atoms with Gasteiger partial charge in [-0.3, -0.25) is 14.5 Å². The quantitative estimate of drug-likeness (QED) is 0.626. The van der Waals surface area contributed by atoms with Gasteiger partial charge in [0.1, 0.15) is 11.3 Å². The summed E-state index contributed by atoms with van der Waals surface area (Å²) in [7, 11) is 1.56. The third-order valence-corrected chi connectivity index (χ3v) is 5.91. The Hall–Kier alpha value is -3.15. The topological polar surface area (TPSA) is 75.7 Å². The van der Waals surface area contributed by atoms with E-state index in [4.69, 9.17) is 4.74 Å². The van der Waals surface area contributed by atoms with Crippen LogP contribution in [0.4, 0.5) is 4.79 Å². The number of fused-ring (bicyclic) bond motifs is 1. The van der Waals surface area contributed by atoms with E-state index in [1.807, 2.05) is 12.1 Å². The highest BCUT2D eigenvalue weighted by molar-refractivity contribution is 6.11. The molecule has 6 nitrogen and oxygen atoms in total. The second-order valence-corrected chi connectivity index (χ2v) is 7.79. The van der Waals surface area contributed by atoms with Gasteiger partial charge in [-0.2, -0.15) is 0 Å².